The Morgan fingerprint density at radius 2 is 2.31 bits per heavy atom. The number of aromatic amines is 1. The Hall–Kier alpha value is -2.08. The number of amides is 1. The van der Waals surface area contributed by atoms with Crippen LogP contribution in [0.2, 0.25) is 0 Å². The zero-order valence-corrected chi connectivity index (χ0v) is 8.61. The zero-order chi connectivity index (χ0) is 11.7. The maximum Gasteiger partial charge on any atom is 0.417 e. The van der Waals surface area contributed by atoms with Crippen LogP contribution in [0.4, 0.5) is 5.69 Å². The van der Waals surface area contributed by atoms with E-state index in [1.54, 1.807) is 25.1 Å². The molecule has 2 rings (SSSR count). The predicted octanol–water partition coefficient (Wildman–Crippen LogP) is 0.407. The lowest BCUT2D eigenvalue weighted by Crippen LogP contribution is -2.32. The summed E-state index contributed by atoms with van der Waals surface area (Å²) in [6.45, 7) is 1.59. The Bertz CT molecular complexity index is 582. The van der Waals surface area contributed by atoms with E-state index in [0.717, 1.165) is 0 Å². The van der Waals surface area contributed by atoms with Gasteiger partial charge in [-0.05, 0) is 19.1 Å². The molecule has 16 heavy (non-hydrogen) atoms. The summed E-state index contributed by atoms with van der Waals surface area (Å²) in [5.74, 6) is -0.817. The summed E-state index contributed by atoms with van der Waals surface area (Å²) in [5.41, 5.74) is 6.93. The molecule has 6 heteroatoms. The van der Waals surface area contributed by atoms with Gasteiger partial charge in [-0.25, -0.2) is 4.79 Å². The summed E-state index contributed by atoms with van der Waals surface area (Å²) in [6, 6.07) is 4.28. The summed E-state index contributed by atoms with van der Waals surface area (Å²) in [4.78, 5) is 24.7. The smallest absolute Gasteiger partial charge is 0.408 e. The van der Waals surface area contributed by atoms with Crippen LogP contribution < -0.4 is 16.8 Å². The lowest BCUT2D eigenvalue weighted by Gasteiger charge is -2.06. The maximum absolute atomic E-state index is 11.3. The Kier molecular flexibility index (Phi) is 2.49. The van der Waals surface area contributed by atoms with Crippen molar-refractivity contribution in [2.45, 2.75) is 13.0 Å². The quantitative estimate of drug-likeness (QED) is 0.683. The van der Waals surface area contributed by atoms with Gasteiger partial charge >= 0.3 is 5.76 Å². The van der Waals surface area contributed by atoms with Crippen molar-refractivity contribution in [3.8, 4) is 0 Å². The third-order valence-electron chi connectivity index (χ3n) is 2.10. The standard InChI is InChI=1S/C10H11N3O3/c1-5(11)9(14)12-6-2-3-7-8(4-6)16-10(15)13-7/h2-5H,11H2,1H3,(H,12,14)(H,13,15)/t5-/m0/s1. The minimum absolute atomic E-state index is 0.294. The molecule has 4 N–H and O–H groups in total. The molecule has 0 saturated carbocycles. The summed E-state index contributed by atoms with van der Waals surface area (Å²) in [6.07, 6.45) is 0. The minimum Gasteiger partial charge on any atom is -0.408 e. The molecule has 6 nitrogen and oxygen atoms in total. The SMILES string of the molecule is C[C@H](N)C(=O)Nc1ccc2[nH]c(=O)oc2c1. The van der Waals surface area contributed by atoms with Gasteiger partial charge in [0, 0.05) is 11.8 Å². The van der Waals surface area contributed by atoms with E-state index in [1.165, 1.54) is 0 Å². The highest BCUT2D eigenvalue weighted by Gasteiger charge is 2.08. The molecule has 0 fully saturated rings. The Labute approximate surface area is 90.4 Å². The molecule has 1 amide bonds. The van der Waals surface area contributed by atoms with Crippen molar-refractivity contribution in [3.05, 3.63) is 28.7 Å². The molecule has 2 aromatic rings. The fraction of sp³-hybridized carbons (Fsp3) is 0.200. The maximum atomic E-state index is 11.3. The second-order valence-corrected chi connectivity index (χ2v) is 3.50. The van der Waals surface area contributed by atoms with E-state index in [2.05, 4.69) is 10.3 Å². The van der Waals surface area contributed by atoms with Gasteiger partial charge in [0.1, 0.15) is 0 Å². The van der Waals surface area contributed by atoms with Crippen LogP contribution >= 0.6 is 0 Å². The number of benzene rings is 1. The first-order valence-electron chi connectivity index (χ1n) is 4.75. The molecule has 0 saturated heterocycles. The van der Waals surface area contributed by atoms with Crippen molar-refractivity contribution < 1.29 is 9.21 Å². The first kappa shape index (κ1) is 10.4. The highest BCUT2D eigenvalue weighted by atomic mass is 16.4. The first-order chi connectivity index (χ1) is 7.56. The first-order valence-corrected chi connectivity index (χ1v) is 4.75. The molecule has 0 bridgehead atoms. The van der Waals surface area contributed by atoms with E-state index >= 15 is 0 Å². The van der Waals surface area contributed by atoms with E-state index in [0.29, 0.717) is 16.8 Å². The number of H-pyrrole nitrogens is 1. The van der Waals surface area contributed by atoms with Crippen molar-refractivity contribution in [2.75, 3.05) is 5.32 Å². The molecule has 1 heterocycles. The van der Waals surface area contributed by atoms with Gasteiger partial charge in [-0.15, -0.1) is 0 Å². The van der Waals surface area contributed by atoms with Crippen molar-refractivity contribution in [2.24, 2.45) is 5.73 Å². The number of hydrogen-bond acceptors (Lipinski definition) is 4. The van der Waals surface area contributed by atoms with E-state index in [4.69, 9.17) is 10.2 Å². The van der Waals surface area contributed by atoms with Crippen LogP contribution in [0.3, 0.4) is 0 Å². The van der Waals surface area contributed by atoms with Crippen molar-refractivity contribution in [1.82, 2.24) is 4.98 Å². The Balaban J connectivity index is 2.32. The molecule has 1 aromatic heterocycles. The highest BCUT2D eigenvalue weighted by molar-refractivity contribution is 5.95. The van der Waals surface area contributed by atoms with Gasteiger partial charge in [0.2, 0.25) is 5.91 Å². The molecular weight excluding hydrogens is 210 g/mol. The second-order valence-electron chi connectivity index (χ2n) is 3.50. The molecule has 0 unspecified atom stereocenters. The van der Waals surface area contributed by atoms with E-state index in [-0.39, 0.29) is 5.91 Å². The summed E-state index contributed by atoms with van der Waals surface area (Å²) in [5, 5.41) is 2.60. The lowest BCUT2D eigenvalue weighted by atomic mass is 10.2. The summed E-state index contributed by atoms with van der Waals surface area (Å²) >= 11 is 0. The van der Waals surface area contributed by atoms with Gasteiger partial charge in [0.05, 0.1) is 11.6 Å². The van der Waals surface area contributed by atoms with Crippen molar-refractivity contribution in [1.29, 1.82) is 0 Å². The van der Waals surface area contributed by atoms with Crippen molar-refractivity contribution >= 4 is 22.7 Å². The lowest BCUT2D eigenvalue weighted by molar-refractivity contribution is -0.117. The van der Waals surface area contributed by atoms with Crippen LogP contribution in [0.15, 0.2) is 27.4 Å². The number of hydrogen-bond donors (Lipinski definition) is 3. The highest BCUT2D eigenvalue weighted by Crippen LogP contribution is 2.16. The summed E-state index contributed by atoms with van der Waals surface area (Å²) in [7, 11) is 0. The molecule has 1 atom stereocenters. The average Bonchev–Trinajstić information content (AvgIpc) is 2.57. The third kappa shape index (κ3) is 1.96. The normalized spacial score (nSPS) is 12.6. The zero-order valence-electron chi connectivity index (χ0n) is 8.61. The largest absolute Gasteiger partial charge is 0.417 e. The number of carbonyl (C=O) groups is 1. The number of rotatable bonds is 2. The van der Waals surface area contributed by atoms with E-state index in [1.807, 2.05) is 0 Å². The van der Waals surface area contributed by atoms with Gasteiger partial charge in [-0.3, -0.25) is 9.78 Å². The summed E-state index contributed by atoms with van der Waals surface area (Å²) < 4.78 is 4.86. The molecule has 0 aliphatic heterocycles. The van der Waals surface area contributed by atoms with Crippen LogP contribution in [0.25, 0.3) is 11.1 Å². The average molecular weight is 221 g/mol. The fourth-order valence-corrected chi connectivity index (χ4v) is 1.28. The topological polar surface area (TPSA) is 101 Å². The van der Waals surface area contributed by atoms with Crippen molar-refractivity contribution in [3.63, 3.8) is 0 Å². The van der Waals surface area contributed by atoms with Gasteiger partial charge in [-0.1, -0.05) is 0 Å². The molecule has 0 spiro atoms. The molecule has 0 aliphatic rings. The number of anilines is 1. The number of oxazole rings is 1. The molecule has 84 valence electrons. The van der Waals surface area contributed by atoms with E-state index in [9.17, 15) is 9.59 Å². The molecule has 0 radical (unpaired) electrons. The van der Waals surface area contributed by atoms with Crippen LogP contribution in [0, 0.1) is 0 Å². The van der Waals surface area contributed by atoms with Gasteiger partial charge < -0.3 is 15.5 Å². The Morgan fingerprint density at radius 3 is 3.00 bits per heavy atom. The number of nitrogens with one attached hydrogen (secondary N) is 2. The van der Waals surface area contributed by atoms with Crippen LogP contribution in [0.1, 0.15) is 6.92 Å². The third-order valence-corrected chi connectivity index (χ3v) is 2.10. The van der Waals surface area contributed by atoms with Crippen LogP contribution in [-0.2, 0) is 4.79 Å². The second kappa shape index (κ2) is 3.82. The molecule has 1 aromatic carbocycles. The number of carbonyl (C=O) groups excluding carboxylic acids is 1. The fourth-order valence-electron chi connectivity index (χ4n) is 1.28. The van der Waals surface area contributed by atoms with E-state index < -0.39 is 11.8 Å². The van der Waals surface area contributed by atoms with Crippen LogP contribution in [0.5, 0.6) is 0 Å². The molecule has 0 aliphatic carbocycles. The predicted molar refractivity (Wildman–Crippen MR) is 59.1 cm³/mol. The number of fused-ring (bicyclic) bond motifs is 1. The molecular formula is C10H11N3O3. The van der Waals surface area contributed by atoms with Crippen LogP contribution in [-0.4, -0.2) is 16.9 Å². The van der Waals surface area contributed by atoms with Gasteiger partial charge in [0.15, 0.2) is 5.58 Å². The minimum atomic E-state index is -0.589. The Morgan fingerprint density at radius 1 is 1.56 bits per heavy atom. The number of nitrogens with two attached hydrogens (primary N) is 1. The van der Waals surface area contributed by atoms with Gasteiger partial charge in [0.25, 0.3) is 0 Å². The van der Waals surface area contributed by atoms with Gasteiger partial charge in [-0.2, -0.15) is 0 Å². The monoisotopic (exact) mass is 221 g/mol. The number of aromatic nitrogens is 1.